The molecule has 0 aliphatic heterocycles. The predicted octanol–water partition coefficient (Wildman–Crippen LogP) is 2.24. The fourth-order valence-corrected chi connectivity index (χ4v) is 3.16. The molecular weight excluding hydrogens is 254 g/mol. The molecule has 0 unspecified atom stereocenters. The molecule has 1 N–H and O–H groups in total. The van der Waals surface area contributed by atoms with Crippen molar-refractivity contribution in [3.63, 3.8) is 0 Å². The van der Waals surface area contributed by atoms with Gasteiger partial charge in [-0.2, -0.15) is 0 Å². The van der Waals surface area contributed by atoms with Crippen molar-refractivity contribution >= 4 is 28.1 Å². The van der Waals surface area contributed by atoms with Gasteiger partial charge in [-0.15, -0.1) is 23.1 Å². The standard InChI is InChI=1S/C11H17N3OS2/c1-3-16-10-9(8-12-4-6-15-2)14-5-7-17-11(14)13-10/h5,7,12H,3-4,6,8H2,1-2H3. The number of hydrogen-bond acceptors (Lipinski definition) is 5. The van der Waals surface area contributed by atoms with E-state index in [4.69, 9.17) is 4.74 Å². The summed E-state index contributed by atoms with van der Waals surface area (Å²) in [4.78, 5) is 5.71. The van der Waals surface area contributed by atoms with Crippen molar-refractivity contribution in [2.75, 3.05) is 26.0 Å². The van der Waals surface area contributed by atoms with Crippen LogP contribution in [0, 0.1) is 0 Å². The molecule has 2 heterocycles. The Morgan fingerprint density at radius 1 is 1.59 bits per heavy atom. The molecule has 0 fully saturated rings. The van der Waals surface area contributed by atoms with Gasteiger partial charge in [-0.05, 0) is 5.75 Å². The molecule has 17 heavy (non-hydrogen) atoms. The Morgan fingerprint density at radius 3 is 3.24 bits per heavy atom. The van der Waals surface area contributed by atoms with Gasteiger partial charge in [-0.25, -0.2) is 4.98 Å². The van der Waals surface area contributed by atoms with E-state index in [9.17, 15) is 0 Å². The van der Waals surface area contributed by atoms with Crippen molar-refractivity contribution in [1.29, 1.82) is 0 Å². The first kappa shape index (κ1) is 12.9. The predicted molar refractivity (Wildman–Crippen MR) is 73.0 cm³/mol. The lowest BCUT2D eigenvalue weighted by atomic mass is 10.4. The lowest BCUT2D eigenvalue weighted by Crippen LogP contribution is -2.19. The van der Waals surface area contributed by atoms with E-state index >= 15 is 0 Å². The van der Waals surface area contributed by atoms with Gasteiger partial charge >= 0.3 is 0 Å². The third-order valence-corrected chi connectivity index (χ3v) is 4.03. The second-order valence-electron chi connectivity index (χ2n) is 3.52. The summed E-state index contributed by atoms with van der Waals surface area (Å²) in [6.45, 7) is 4.59. The van der Waals surface area contributed by atoms with Gasteiger partial charge < -0.3 is 10.1 Å². The van der Waals surface area contributed by atoms with Crippen molar-refractivity contribution in [1.82, 2.24) is 14.7 Å². The molecule has 0 aliphatic rings. The van der Waals surface area contributed by atoms with E-state index in [2.05, 4.69) is 33.2 Å². The molecule has 6 heteroatoms. The Balaban J connectivity index is 2.10. The second kappa shape index (κ2) is 6.39. The molecule has 2 rings (SSSR count). The summed E-state index contributed by atoms with van der Waals surface area (Å²) in [5.41, 5.74) is 1.25. The third-order valence-electron chi connectivity index (χ3n) is 2.38. The van der Waals surface area contributed by atoms with E-state index in [0.29, 0.717) is 0 Å². The Morgan fingerprint density at radius 2 is 2.47 bits per heavy atom. The fourth-order valence-electron chi connectivity index (χ4n) is 1.61. The number of methoxy groups -OCH3 is 1. The highest BCUT2D eigenvalue weighted by Crippen LogP contribution is 2.25. The van der Waals surface area contributed by atoms with Crippen LogP contribution in [0.4, 0.5) is 0 Å². The lowest BCUT2D eigenvalue weighted by molar-refractivity contribution is 0.199. The molecule has 0 radical (unpaired) electrons. The Kier molecular flexibility index (Phi) is 4.85. The van der Waals surface area contributed by atoms with Gasteiger partial charge in [-0.3, -0.25) is 4.40 Å². The van der Waals surface area contributed by atoms with Gasteiger partial charge in [-0.1, -0.05) is 6.92 Å². The van der Waals surface area contributed by atoms with Crippen LogP contribution in [0.5, 0.6) is 0 Å². The van der Waals surface area contributed by atoms with Gasteiger partial charge in [0.15, 0.2) is 4.96 Å². The zero-order valence-corrected chi connectivity index (χ0v) is 11.7. The molecule has 0 bridgehead atoms. The number of rotatable bonds is 7. The number of imidazole rings is 1. The van der Waals surface area contributed by atoms with Crippen LogP contribution in [-0.2, 0) is 11.3 Å². The largest absolute Gasteiger partial charge is 0.383 e. The zero-order valence-electron chi connectivity index (χ0n) is 10.1. The number of fused-ring (bicyclic) bond motifs is 1. The van der Waals surface area contributed by atoms with Gasteiger partial charge in [0.05, 0.1) is 12.3 Å². The smallest absolute Gasteiger partial charge is 0.194 e. The summed E-state index contributed by atoms with van der Waals surface area (Å²) < 4.78 is 7.19. The molecule has 2 aromatic rings. The number of aromatic nitrogens is 2. The summed E-state index contributed by atoms with van der Waals surface area (Å²) in [7, 11) is 1.72. The molecule has 0 aromatic carbocycles. The molecule has 0 spiro atoms. The zero-order chi connectivity index (χ0) is 12.1. The minimum absolute atomic E-state index is 0.738. The van der Waals surface area contributed by atoms with Gasteiger partial charge in [0.1, 0.15) is 5.03 Å². The fraction of sp³-hybridized carbons (Fsp3) is 0.545. The van der Waals surface area contributed by atoms with E-state index in [1.807, 2.05) is 0 Å². The summed E-state index contributed by atoms with van der Waals surface area (Å²) in [5.74, 6) is 1.05. The number of thioether (sulfide) groups is 1. The summed E-state index contributed by atoms with van der Waals surface area (Å²) in [6, 6.07) is 0. The molecule has 0 atom stereocenters. The Labute approximate surface area is 109 Å². The Hall–Kier alpha value is -0.560. The molecular formula is C11H17N3OS2. The molecule has 0 saturated heterocycles. The highest BCUT2D eigenvalue weighted by atomic mass is 32.2. The number of nitrogens with one attached hydrogen (secondary N) is 1. The minimum Gasteiger partial charge on any atom is -0.383 e. The molecule has 94 valence electrons. The second-order valence-corrected chi connectivity index (χ2v) is 5.65. The van der Waals surface area contributed by atoms with E-state index in [-0.39, 0.29) is 0 Å². The highest BCUT2D eigenvalue weighted by molar-refractivity contribution is 7.99. The first-order valence-electron chi connectivity index (χ1n) is 5.63. The van der Waals surface area contributed by atoms with Crippen molar-refractivity contribution in [2.45, 2.75) is 18.5 Å². The van der Waals surface area contributed by atoms with Gasteiger partial charge in [0.2, 0.25) is 0 Å². The highest BCUT2D eigenvalue weighted by Gasteiger charge is 2.12. The van der Waals surface area contributed by atoms with Crippen molar-refractivity contribution in [3.05, 3.63) is 17.3 Å². The van der Waals surface area contributed by atoms with Gasteiger partial charge in [0.25, 0.3) is 0 Å². The topological polar surface area (TPSA) is 38.6 Å². The monoisotopic (exact) mass is 271 g/mol. The summed E-state index contributed by atoms with van der Waals surface area (Å²) >= 11 is 3.48. The summed E-state index contributed by atoms with van der Waals surface area (Å²) in [5, 5.41) is 6.59. The lowest BCUT2D eigenvalue weighted by Gasteiger charge is -2.05. The number of ether oxygens (including phenoxy) is 1. The van der Waals surface area contributed by atoms with Crippen molar-refractivity contribution in [3.8, 4) is 0 Å². The van der Waals surface area contributed by atoms with Crippen LogP contribution in [0.2, 0.25) is 0 Å². The molecule has 0 saturated carbocycles. The van der Waals surface area contributed by atoms with Crippen LogP contribution in [0.15, 0.2) is 16.6 Å². The molecule has 2 aromatic heterocycles. The molecule has 4 nitrogen and oxygen atoms in total. The first-order valence-corrected chi connectivity index (χ1v) is 7.50. The van der Waals surface area contributed by atoms with Crippen LogP contribution in [0.3, 0.4) is 0 Å². The van der Waals surface area contributed by atoms with Crippen LogP contribution >= 0.6 is 23.1 Å². The van der Waals surface area contributed by atoms with Crippen LogP contribution in [0.1, 0.15) is 12.6 Å². The van der Waals surface area contributed by atoms with Crippen molar-refractivity contribution < 1.29 is 4.74 Å². The minimum atomic E-state index is 0.738. The van der Waals surface area contributed by atoms with E-state index < -0.39 is 0 Å². The van der Waals surface area contributed by atoms with E-state index in [1.165, 1.54) is 5.69 Å². The number of nitrogens with zero attached hydrogens (tertiary/aromatic N) is 2. The quantitative estimate of drug-likeness (QED) is 0.619. The van der Waals surface area contributed by atoms with Crippen LogP contribution in [-0.4, -0.2) is 35.4 Å². The number of hydrogen-bond donors (Lipinski definition) is 1. The Bertz CT molecular complexity index is 466. The van der Waals surface area contributed by atoms with Crippen LogP contribution < -0.4 is 5.32 Å². The number of thiazole rings is 1. The average molecular weight is 271 g/mol. The normalized spacial score (nSPS) is 11.4. The maximum Gasteiger partial charge on any atom is 0.194 e. The average Bonchev–Trinajstić information content (AvgIpc) is 2.87. The summed E-state index contributed by atoms with van der Waals surface area (Å²) in [6.07, 6.45) is 2.08. The maximum absolute atomic E-state index is 5.02. The SMILES string of the molecule is CCSc1nc2sccn2c1CNCCOC. The first-order chi connectivity index (χ1) is 8.36. The van der Waals surface area contributed by atoms with Crippen molar-refractivity contribution in [2.24, 2.45) is 0 Å². The maximum atomic E-state index is 5.02. The van der Waals surface area contributed by atoms with Crippen LogP contribution in [0.25, 0.3) is 4.96 Å². The van der Waals surface area contributed by atoms with E-state index in [0.717, 1.165) is 35.4 Å². The van der Waals surface area contributed by atoms with E-state index in [1.54, 1.807) is 30.2 Å². The van der Waals surface area contributed by atoms with Gasteiger partial charge in [0, 0.05) is 31.8 Å². The third kappa shape index (κ3) is 3.01. The molecule has 0 aliphatic carbocycles. The molecule has 0 amide bonds.